The van der Waals surface area contributed by atoms with Crippen molar-refractivity contribution in [1.82, 2.24) is 4.90 Å². The Balaban J connectivity index is 2.99. The number of nitro benzene ring substituents is 1. The predicted octanol–water partition coefficient (Wildman–Crippen LogP) is 1.62. The third-order valence-corrected chi connectivity index (χ3v) is 2.32. The van der Waals surface area contributed by atoms with Crippen LogP contribution in [0.15, 0.2) is 18.2 Å². The lowest BCUT2D eigenvalue weighted by Crippen LogP contribution is -2.32. The van der Waals surface area contributed by atoms with Crippen molar-refractivity contribution in [2.45, 2.75) is 13.1 Å². The van der Waals surface area contributed by atoms with Crippen molar-refractivity contribution in [3.8, 4) is 5.75 Å². The van der Waals surface area contributed by atoms with Crippen LogP contribution in [0.1, 0.15) is 6.92 Å². The lowest BCUT2D eigenvalue weighted by molar-refractivity contribution is -0.384. The summed E-state index contributed by atoms with van der Waals surface area (Å²) in [5, 5.41) is 22.9. The monoisotopic (exact) mass is 225 g/mol. The summed E-state index contributed by atoms with van der Waals surface area (Å²) < 4.78 is 0. The molecular formula is C10H15N3O3. The van der Waals surface area contributed by atoms with Gasteiger partial charge in [-0.15, -0.1) is 0 Å². The van der Waals surface area contributed by atoms with Crippen molar-refractivity contribution < 1.29 is 10.0 Å². The minimum absolute atomic E-state index is 0.0387. The van der Waals surface area contributed by atoms with Crippen LogP contribution >= 0.6 is 0 Å². The zero-order chi connectivity index (χ0) is 12.3. The molecule has 0 fully saturated rings. The highest BCUT2D eigenvalue weighted by Crippen LogP contribution is 2.28. The summed E-state index contributed by atoms with van der Waals surface area (Å²) in [5.41, 5.74) is 0.262. The van der Waals surface area contributed by atoms with Crippen LogP contribution < -0.4 is 5.32 Å². The number of phenols is 1. The smallest absolute Gasteiger partial charge is 0.296 e. The number of aromatic hydroxyl groups is 1. The van der Waals surface area contributed by atoms with Gasteiger partial charge in [-0.1, -0.05) is 0 Å². The van der Waals surface area contributed by atoms with Crippen molar-refractivity contribution >= 4 is 11.4 Å². The van der Waals surface area contributed by atoms with Gasteiger partial charge in [0.2, 0.25) is 0 Å². The Bertz CT molecular complexity index is 393. The molecule has 1 rings (SSSR count). The summed E-state index contributed by atoms with van der Waals surface area (Å²) in [4.78, 5) is 12.1. The molecule has 0 heterocycles. The van der Waals surface area contributed by atoms with Gasteiger partial charge in [-0.2, -0.15) is 0 Å². The zero-order valence-corrected chi connectivity index (χ0v) is 9.47. The number of benzene rings is 1. The van der Waals surface area contributed by atoms with Crippen LogP contribution in [-0.4, -0.2) is 35.2 Å². The van der Waals surface area contributed by atoms with Gasteiger partial charge in [0.15, 0.2) is 0 Å². The molecular weight excluding hydrogens is 210 g/mol. The fourth-order valence-corrected chi connectivity index (χ4v) is 1.15. The summed E-state index contributed by atoms with van der Waals surface area (Å²) in [6.07, 6.45) is -0.0387. The van der Waals surface area contributed by atoms with E-state index < -0.39 is 4.92 Å². The summed E-state index contributed by atoms with van der Waals surface area (Å²) in [6, 6.07) is 4.04. The standard InChI is InChI=1S/C10H15N3O3/c1-7(12(2)3)11-9-5-4-8(14)6-10(9)13(15)16/h4-7,11,14H,1-3H3. The number of phenolic OH excluding ortho intramolecular Hbond substituents is 1. The number of hydrogen-bond acceptors (Lipinski definition) is 5. The Labute approximate surface area is 93.6 Å². The van der Waals surface area contributed by atoms with E-state index in [-0.39, 0.29) is 17.6 Å². The molecule has 1 unspecified atom stereocenters. The maximum absolute atomic E-state index is 10.8. The zero-order valence-electron chi connectivity index (χ0n) is 9.47. The van der Waals surface area contributed by atoms with E-state index in [0.717, 1.165) is 6.07 Å². The van der Waals surface area contributed by atoms with E-state index in [2.05, 4.69) is 5.32 Å². The van der Waals surface area contributed by atoms with Crippen molar-refractivity contribution in [1.29, 1.82) is 0 Å². The first kappa shape index (κ1) is 12.3. The van der Waals surface area contributed by atoms with Gasteiger partial charge in [0.1, 0.15) is 11.4 Å². The highest BCUT2D eigenvalue weighted by atomic mass is 16.6. The quantitative estimate of drug-likeness (QED) is 0.352. The van der Waals surface area contributed by atoms with Crippen LogP contribution in [0.2, 0.25) is 0 Å². The number of nitro groups is 1. The first-order chi connectivity index (χ1) is 7.41. The molecule has 0 spiro atoms. The lowest BCUT2D eigenvalue weighted by Gasteiger charge is -2.21. The van der Waals surface area contributed by atoms with E-state index in [9.17, 15) is 15.2 Å². The topological polar surface area (TPSA) is 78.6 Å². The van der Waals surface area contributed by atoms with E-state index in [1.165, 1.54) is 12.1 Å². The second-order valence-corrected chi connectivity index (χ2v) is 3.74. The van der Waals surface area contributed by atoms with Gasteiger partial charge in [-0.05, 0) is 33.2 Å². The molecule has 0 saturated heterocycles. The number of nitrogens with zero attached hydrogens (tertiary/aromatic N) is 2. The van der Waals surface area contributed by atoms with Crippen molar-refractivity contribution in [3.63, 3.8) is 0 Å². The highest BCUT2D eigenvalue weighted by Gasteiger charge is 2.16. The fourth-order valence-electron chi connectivity index (χ4n) is 1.15. The second kappa shape index (κ2) is 4.80. The molecule has 0 amide bonds. The van der Waals surface area contributed by atoms with Crippen LogP contribution in [0, 0.1) is 10.1 Å². The van der Waals surface area contributed by atoms with Gasteiger partial charge >= 0.3 is 0 Å². The molecule has 0 saturated carbocycles. The SMILES string of the molecule is CC(Nc1ccc(O)cc1[N+](=O)[O-])N(C)C. The molecule has 0 bridgehead atoms. The van der Waals surface area contributed by atoms with Crippen molar-refractivity contribution in [2.75, 3.05) is 19.4 Å². The maximum atomic E-state index is 10.8. The summed E-state index contributed by atoms with van der Waals surface area (Å²) in [5.74, 6) is -0.116. The second-order valence-electron chi connectivity index (χ2n) is 3.74. The average Bonchev–Trinajstić information content (AvgIpc) is 2.20. The molecule has 1 aromatic rings. The number of anilines is 1. The van der Waals surface area contributed by atoms with Gasteiger partial charge in [-0.25, -0.2) is 0 Å². The Morgan fingerprint density at radius 3 is 2.62 bits per heavy atom. The number of hydrogen-bond donors (Lipinski definition) is 2. The first-order valence-electron chi connectivity index (χ1n) is 4.82. The fraction of sp³-hybridized carbons (Fsp3) is 0.400. The average molecular weight is 225 g/mol. The summed E-state index contributed by atoms with van der Waals surface area (Å²) in [7, 11) is 3.73. The van der Waals surface area contributed by atoms with Crippen LogP contribution in [0.3, 0.4) is 0 Å². The molecule has 0 aliphatic rings. The molecule has 1 atom stereocenters. The summed E-state index contributed by atoms with van der Waals surface area (Å²) in [6.45, 7) is 1.89. The third kappa shape index (κ3) is 2.83. The van der Waals surface area contributed by atoms with Gasteiger partial charge < -0.3 is 10.4 Å². The van der Waals surface area contributed by atoms with Crippen molar-refractivity contribution in [2.24, 2.45) is 0 Å². The van der Waals surface area contributed by atoms with Crippen LogP contribution in [0.25, 0.3) is 0 Å². The molecule has 6 heteroatoms. The van der Waals surface area contributed by atoms with E-state index in [4.69, 9.17) is 0 Å². The molecule has 0 aromatic heterocycles. The molecule has 0 aliphatic carbocycles. The molecule has 1 aromatic carbocycles. The minimum Gasteiger partial charge on any atom is -0.508 e. The van der Waals surface area contributed by atoms with Crippen molar-refractivity contribution in [3.05, 3.63) is 28.3 Å². The molecule has 16 heavy (non-hydrogen) atoms. The Morgan fingerprint density at radius 1 is 1.50 bits per heavy atom. The molecule has 6 nitrogen and oxygen atoms in total. The summed E-state index contributed by atoms with van der Waals surface area (Å²) >= 11 is 0. The number of rotatable bonds is 4. The van der Waals surface area contributed by atoms with Crippen LogP contribution in [-0.2, 0) is 0 Å². The normalized spacial score (nSPS) is 12.5. The molecule has 0 aliphatic heterocycles. The maximum Gasteiger partial charge on any atom is 0.296 e. The Hall–Kier alpha value is -1.82. The van der Waals surface area contributed by atoms with E-state index in [1.807, 2.05) is 25.9 Å². The number of nitrogens with one attached hydrogen (secondary N) is 1. The van der Waals surface area contributed by atoms with Crippen LogP contribution in [0.4, 0.5) is 11.4 Å². The van der Waals surface area contributed by atoms with Gasteiger partial charge in [-0.3, -0.25) is 15.0 Å². The van der Waals surface area contributed by atoms with Crippen LogP contribution in [0.5, 0.6) is 5.75 Å². The predicted molar refractivity (Wildman–Crippen MR) is 61.5 cm³/mol. The van der Waals surface area contributed by atoms with E-state index >= 15 is 0 Å². The molecule has 88 valence electrons. The largest absolute Gasteiger partial charge is 0.508 e. The van der Waals surface area contributed by atoms with E-state index in [1.54, 1.807) is 0 Å². The van der Waals surface area contributed by atoms with E-state index in [0.29, 0.717) is 5.69 Å². The Kier molecular flexibility index (Phi) is 3.68. The Morgan fingerprint density at radius 2 is 2.12 bits per heavy atom. The highest BCUT2D eigenvalue weighted by molar-refractivity contribution is 5.63. The van der Waals surface area contributed by atoms with Gasteiger partial charge in [0, 0.05) is 0 Å². The molecule has 2 N–H and O–H groups in total. The molecule has 0 radical (unpaired) electrons. The van der Waals surface area contributed by atoms with Gasteiger partial charge in [0.25, 0.3) is 5.69 Å². The first-order valence-corrected chi connectivity index (χ1v) is 4.82. The van der Waals surface area contributed by atoms with Gasteiger partial charge in [0.05, 0.1) is 17.2 Å². The lowest BCUT2D eigenvalue weighted by atomic mass is 10.2. The third-order valence-electron chi connectivity index (χ3n) is 2.32. The minimum atomic E-state index is -0.523.